The Morgan fingerprint density at radius 3 is 2.23 bits per heavy atom. The summed E-state index contributed by atoms with van der Waals surface area (Å²) in [6, 6.07) is 18.2. The molecular weight excluding hydrogens is 563 g/mol. The number of para-hydroxylation sites is 1. The Morgan fingerprint density at radius 2 is 1.55 bits per heavy atom. The Balaban J connectivity index is 1.34. The number of aliphatic imine (C=N–C) groups is 1. The average molecular weight is 597 g/mol. The first-order chi connectivity index (χ1) is 21.3. The van der Waals surface area contributed by atoms with E-state index < -0.39 is 29.8 Å². The zero-order chi connectivity index (χ0) is 30.8. The number of urea groups is 1. The third-order valence-corrected chi connectivity index (χ3v) is 8.58. The van der Waals surface area contributed by atoms with Crippen LogP contribution in [0.5, 0.6) is 0 Å². The first kappa shape index (κ1) is 29.0. The maximum absolute atomic E-state index is 15.2. The molecule has 0 aromatic heterocycles. The van der Waals surface area contributed by atoms with E-state index in [1.807, 2.05) is 4.90 Å². The topological polar surface area (TPSA) is 137 Å². The molecule has 2 saturated heterocycles. The molecule has 0 radical (unpaired) electrons. The minimum Gasteiger partial charge on any atom is -0.366 e. The Bertz CT molecular complexity index is 1640. The summed E-state index contributed by atoms with van der Waals surface area (Å²) in [4.78, 5) is 60.5. The van der Waals surface area contributed by atoms with Crippen LogP contribution < -0.4 is 21.3 Å². The SMILES string of the molecule is NC(=O)c1cccc(NC(=O)NC2N=C(c3ccccc3F)c3ccccc3N(CC(=O)N3CC4CCC(CC4)C3)C2=O)c1. The number of benzene rings is 3. The highest BCUT2D eigenvalue weighted by Crippen LogP contribution is 2.34. The Morgan fingerprint density at radius 1 is 0.886 bits per heavy atom. The molecule has 1 atom stereocenters. The van der Waals surface area contributed by atoms with Crippen LogP contribution in [0.25, 0.3) is 0 Å². The smallest absolute Gasteiger partial charge is 0.321 e. The molecule has 4 N–H and O–H groups in total. The summed E-state index contributed by atoms with van der Waals surface area (Å²) in [6.45, 7) is 1.06. The van der Waals surface area contributed by atoms with E-state index in [0.717, 1.165) is 25.7 Å². The van der Waals surface area contributed by atoms with Crippen molar-refractivity contribution in [3.63, 3.8) is 0 Å². The van der Waals surface area contributed by atoms with Gasteiger partial charge in [0.1, 0.15) is 12.4 Å². The molecule has 7 rings (SSSR count). The second-order valence-corrected chi connectivity index (χ2v) is 11.5. The number of rotatable bonds is 6. The van der Waals surface area contributed by atoms with Crippen LogP contribution in [0.1, 0.15) is 47.2 Å². The molecule has 3 heterocycles. The van der Waals surface area contributed by atoms with Crippen molar-refractivity contribution < 1.29 is 23.6 Å². The summed E-state index contributed by atoms with van der Waals surface area (Å²) < 4.78 is 15.2. The molecule has 1 saturated carbocycles. The van der Waals surface area contributed by atoms with Gasteiger partial charge in [0.15, 0.2) is 0 Å². The largest absolute Gasteiger partial charge is 0.366 e. The quantitative estimate of drug-likeness (QED) is 0.397. The summed E-state index contributed by atoms with van der Waals surface area (Å²) in [5.74, 6) is -1.14. The number of nitrogens with one attached hydrogen (secondary N) is 2. The van der Waals surface area contributed by atoms with E-state index in [0.29, 0.717) is 36.2 Å². The van der Waals surface area contributed by atoms with E-state index in [1.165, 1.54) is 23.1 Å². The van der Waals surface area contributed by atoms with Crippen LogP contribution in [0.3, 0.4) is 0 Å². The molecule has 3 aromatic rings. The van der Waals surface area contributed by atoms with Gasteiger partial charge in [-0.25, -0.2) is 14.2 Å². The molecule has 0 spiro atoms. The third-order valence-electron chi connectivity index (χ3n) is 8.58. The molecule has 10 nitrogen and oxygen atoms in total. The van der Waals surface area contributed by atoms with Crippen molar-refractivity contribution in [3.8, 4) is 0 Å². The molecule has 2 bridgehead atoms. The predicted molar refractivity (Wildman–Crippen MR) is 164 cm³/mol. The zero-order valence-electron chi connectivity index (χ0n) is 24.0. The molecule has 5 amide bonds. The summed E-state index contributed by atoms with van der Waals surface area (Å²) >= 11 is 0. The maximum atomic E-state index is 15.2. The molecule has 3 fully saturated rings. The number of nitrogens with zero attached hydrogens (tertiary/aromatic N) is 3. The second kappa shape index (κ2) is 12.3. The number of amides is 5. The number of nitrogens with two attached hydrogens (primary N) is 1. The summed E-state index contributed by atoms with van der Waals surface area (Å²) in [7, 11) is 0. The van der Waals surface area contributed by atoms with E-state index >= 15 is 4.39 Å². The summed E-state index contributed by atoms with van der Waals surface area (Å²) in [5.41, 5.74) is 6.97. The number of primary amides is 1. The van der Waals surface area contributed by atoms with Gasteiger partial charge in [0.2, 0.25) is 18.0 Å². The third kappa shape index (κ3) is 6.03. The molecular formula is C33H33FN6O4. The van der Waals surface area contributed by atoms with Gasteiger partial charge in [-0.3, -0.25) is 19.3 Å². The van der Waals surface area contributed by atoms with E-state index in [2.05, 4.69) is 15.6 Å². The number of carbonyl (C=O) groups is 4. The van der Waals surface area contributed by atoms with Crippen LogP contribution in [-0.4, -0.2) is 60.2 Å². The van der Waals surface area contributed by atoms with Crippen molar-refractivity contribution in [3.05, 3.63) is 95.3 Å². The highest BCUT2D eigenvalue weighted by Gasteiger charge is 2.37. The molecule has 4 aliphatic rings. The first-order valence-corrected chi connectivity index (χ1v) is 14.8. The van der Waals surface area contributed by atoms with Gasteiger partial charge in [0.05, 0.1) is 11.4 Å². The van der Waals surface area contributed by atoms with E-state index in [1.54, 1.807) is 54.6 Å². The maximum Gasteiger partial charge on any atom is 0.321 e. The molecule has 3 aliphatic heterocycles. The number of hydrogen-bond acceptors (Lipinski definition) is 5. The minimum atomic E-state index is -1.50. The van der Waals surface area contributed by atoms with Gasteiger partial charge in [-0.2, -0.15) is 0 Å². The van der Waals surface area contributed by atoms with Crippen molar-refractivity contribution in [2.45, 2.75) is 31.8 Å². The lowest BCUT2D eigenvalue weighted by Crippen LogP contribution is -2.51. The first-order valence-electron chi connectivity index (χ1n) is 14.8. The monoisotopic (exact) mass is 596 g/mol. The molecule has 226 valence electrons. The van der Waals surface area contributed by atoms with Crippen LogP contribution in [0.4, 0.5) is 20.6 Å². The molecule has 1 unspecified atom stereocenters. The van der Waals surface area contributed by atoms with Gasteiger partial charge >= 0.3 is 6.03 Å². The summed E-state index contributed by atoms with van der Waals surface area (Å²) in [5, 5.41) is 5.18. The number of hydrogen-bond donors (Lipinski definition) is 3. The van der Waals surface area contributed by atoms with Gasteiger partial charge in [0.25, 0.3) is 5.91 Å². The van der Waals surface area contributed by atoms with Gasteiger partial charge < -0.3 is 21.3 Å². The standard InChI is InChI=1S/C33H33FN6O4/c34-26-10-3-1-8-24(26)29-25-9-2-4-11-27(25)40(19-28(41)39-17-20-12-13-21(18-39)15-14-20)32(43)31(37-29)38-33(44)36-23-7-5-6-22(16-23)30(35)42/h1-11,16,20-21,31H,12-15,17-19H2,(H2,35,42)(H2,36,38,44). The normalized spacial score (nSPS) is 21.1. The van der Waals surface area contributed by atoms with E-state index in [4.69, 9.17) is 5.73 Å². The fraction of sp³-hybridized carbons (Fsp3) is 0.303. The van der Waals surface area contributed by atoms with Crippen molar-refractivity contribution in [1.82, 2.24) is 10.2 Å². The number of carbonyl (C=O) groups excluding carboxylic acids is 4. The number of halogens is 1. The molecule has 1 aliphatic carbocycles. The van der Waals surface area contributed by atoms with Crippen LogP contribution >= 0.6 is 0 Å². The van der Waals surface area contributed by atoms with Crippen molar-refractivity contribution >= 4 is 40.8 Å². The number of anilines is 2. The van der Waals surface area contributed by atoms with Crippen molar-refractivity contribution in [2.75, 3.05) is 29.9 Å². The molecule has 11 heteroatoms. The van der Waals surface area contributed by atoms with Gasteiger partial charge in [0, 0.05) is 35.5 Å². The Kier molecular flexibility index (Phi) is 8.10. The van der Waals surface area contributed by atoms with Gasteiger partial charge in [-0.15, -0.1) is 0 Å². The Labute approximate surface area is 254 Å². The Hall–Kier alpha value is -5.06. The van der Waals surface area contributed by atoms with Gasteiger partial charge in [-0.05, 0) is 73.9 Å². The van der Waals surface area contributed by atoms with Crippen molar-refractivity contribution in [2.24, 2.45) is 22.6 Å². The average Bonchev–Trinajstić information content (AvgIpc) is 3.40. The molecule has 3 aromatic carbocycles. The lowest BCUT2D eigenvalue weighted by atomic mass is 9.84. The molecule has 44 heavy (non-hydrogen) atoms. The minimum absolute atomic E-state index is 0.145. The highest BCUT2D eigenvalue weighted by atomic mass is 19.1. The van der Waals surface area contributed by atoms with Crippen molar-refractivity contribution in [1.29, 1.82) is 0 Å². The lowest BCUT2D eigenvalue weighted by molar-refractivity contribution is -0.132. The van der Waals surface area contributed by atoms with Crippen LogP contribution in [0.2, 0.25) is 0 Å². The van der Waals surface area contributed by atoms with Crippen LogP contribution in [-0.2, 0) is 9.59 Å². The van der Waals surface area contributed by atoms with E-state index in [-0.39, 0.29) is 35.0 Å². The second-order valence-electron chi connectivity index (χ2n) is 11.5. The predicted octanol–water partition coefficient (Wildman–Crippen LogP) is 3.91. The van der Waals surface area contributed by atoms with Crippen LogP contribution in [0.15, 0.2) is 77.8 Å². The van der Waals surface area contributed by atoms with Crippen LogP contribution in [0, 0.1) is 17.7 Å². The highest BCUT2D eigenvalue weighted by molar-refractivity contribution is 6.21. The number of benzodiazepines with no additional fused rings is 1. The summed E-state index contributed by atoms with van der Waals surface area (Å²) in [6.07, 6.45) is 2.91. The van der Waals surface area contributed by atoms with Gasteiger partial charge in [-0.1, -0.05) is 36.4 Å². The fourth-order valence-corrected chi connectivity index (χ4v) is 6.33. The van der Waals surface area contributed by atoms with E-state index in [9.17, 15) is 19.2 Å². The fourth-order valence-electron chi connectivity index (χ4n) is 6.33. The lowest BCUT2D eigenvalue weighted by Gasteiger charge is -2.29. The number of fused-ring (bicyclic) bond motifs is 5. The zero-order valence-corrected chi connectivity index (χ0v) is 24.0.